The molecular formula is C15H21NO3S. The maximum Gasteiger partial charge on any atom is 0.142 e. The third-order valence-corrected chi connectivity index (χ3v) is 5.25. The van der Waals surface area contributed by atoms with Gasteiger partial charge in [0.15, 0.2) is 0 Å². The van der Waals surface area contributed by atoms with Crippen LogP contribution < -0.4 is 15.2 Å². The van der Waals surface area contributed by atoms with Gasteiger partial charge in [-0.2, -0.15) is 11.8 Å². The Bertz CT molecular complexity index is 474. The molecule has 2 saturated heterocycles. The summed E-state index contributed by atoms with van der Waals surface area (Å²) in [6, 6.07) is 5.57. The van der Waals surface area contributed by atoms with E-state index in [1.54, 1.807) is 13.2 Å². The molecule has 2 unspecified atom stereocenters. The van der Waals surface area contributed by atoms with Gasteiger partial charge < -0.3 is 19.9 Å². The Morgan fingerprint density at radius 1 is 1.45 bits per heavy atom. The number of hydrogen-bond donors (Lipinski definition) is 1. The highest BCUT2D eigenvalue weighted by Crippen LogP contribution is 2.40. The molecule has 0 aliphatic carbocycles. The van der Waals surface area contributed by atoms with Crippen LogP contribution in [0.25, 0.3) is 0 Å². The average molecular weight is 295 g/mol. The smallest absolute Gasteiger partial charge is 0.142 e. The summed E-state index contributed by atoms with van der Waals surface area (Å²) in [7, 11) is 1.63. The van der Waals surface area contributed by atoms with Gasteiger partial charge in [-0.25, -0.2) is 0 Å². The summed E-state index contributed by atoms with van der Waals surface area (Å²) >= 11 is 1.97. The van der Waals surface area contributed by atoms with E-state index in [0.29, 0.717) is 5.69 Å². The molecule has 0 radical (unpaired) electrons. The third kappa shape index (κ3) is 2.83. The molecule has 2 atom stereocenters. The molecule has 2 fully saturated rings. The van der Waals surface area contributed by atoms with Gasteiger partial charge in [-0.15, -0.1) is 0 Å². The Labute approximate surface area is 124 Å². The molecule has 0 bridgehead atoms. The molecule has 0 amide bonds. The fourth-order valence-electron chi connectivity index (χ4n) is 2.89. The maximum atomic E-state index is 6.10. The number of nitrogen functional groups attached to an aromatic ring is 1. The Hall–Kier alpha value is -1.07. The summed E-state index contributed by atoms with van der Waals surface area (Å²) in [4.78, 5) is 0. The van der Waals surface area contributed by atoms with Gasteiger partial charge in [0.2, 0.25) is 0 Å². The van der Waals surface area contributed by atoms with Crippen LogP contribution in [0.1, 0.15) is 19.3 Å². The summed E-state index contributed by atoms with van der Waals surface area (Å²) in [5, 5.41) is 0. The van der Waals surface area contributed by atoms with E-state index in [1.807, 2.05) is 23.9 Å². The topological polar surface area (TPSA) is 53.7 Å². The average Bonchev–Trinajstić information content (AvgIpc) is 2.89. The van der Waals surface area contributed by atoms with Crippen LogP contribution in [0.4, 0.5) is 5.69 Å². The van der Waals surface area contributed by atoms with E-state index in [9.17, 15) is 0 Å². The van der Waals surface area contributed by atoms with Gasteiger partial charge in [-0.05, 0) is 24.3 Å². The van der Waals surface area contributed by atoms with Gasteiger partial charge in [-0.1, -0.05) is 0 Å². The lowest BCUT2D eigenvalue weighted by Crippen LogP contribution is -2.43. The summed E-state index contributed by atoms with van der Waals surface area (Å²) in [6.45, 7) is 0.779. The number of benzene rings is 1. The lowest BCUT2D eigenvalue weighted by molar-refractivity contribution is -0.0957. The SMILES string of the molecule is COc1ccc(OC2CCOC3(CCSC3)C2)c(N)c1. The van der Waals surface area contributed by atoms with E-state index in [0.717, 1.165) is 43.1 Å². The number of nitrogens with two attached hydrogens (primary N) is 1. The quantitative estimate of drug-likeness (QED) is 0.869. The van der Waals surface area contributed by atoms with Crippen molar-refractivity contribution >= 4 is 17.4 Å². The minimum Gasteiger partial charge on any atom is -0.497 e. The second-order valence-corrected chi connectivity index (χ2v) is 6.58. The van der Waals surface area contributed by atoms with Crippen LogP contribution in [0.15, 0.2) is 18.2 Å². The lowest BCUT2D eigenvalue weighted by atomic mass is 9.91. The zero-order chi connectivity index (χ0) is 14.0. The van der Waals surface area contributed by atoms with Crippen LogP contribution in [0.3, 0.4) is 0 Å². The standard InChI is InChI=1S/C15H21NO3S/c1-17-11-2-3-14(13(16)8-11)19-12-4-6-18-15(9-12)5-7-20-10-15/h2-3,8,12H,4-7,9-10,16H2,1H3. The summed E-state index contributed by atoms with van der Waals surface area (Å²) in [5.41, 5.74) is 6.69. The van der Waals surface area contributed by atoms with Crippen molar-refractivity contribution in [1.29, 1.82) is 0 Å². The normalized spacial score (nSPS) is 29.6. The molecule has 0 saturated carbocycles. The summed E-state index contributed by atoms with van der Waals surface area (Å²) < 4.78 is 17.3. The molecule has 3 rings (SSSR count). The van der Waals surface area contributed by atoms with Crippen LogP contribution in [0, 0.1) is 0 Å². The van der Waals surface area contributed by atoms with Crippen molar-refractivity contribution < 1.29 is 14.2 Å². The van der Waals surface area contributed by atoms with Crippen molar-refractivity contribution in [3.63, 3.8) is 0 Å². The second-order valence-electron chi connectivity index (χ2n) is 5.47. The first kappa shape index (κ1) is 13.9. The van der Waals surface area contributed by atoms with Gasteiger partial charge >= 0.3 is 0 Å². The Kier molecular flexibility index (Phi) is 3.98. The number of thioether (sulfide) groups is 1. The van der Waals surface area contributed by atoms with E-state index in [-0.39, 0.29) is 11.7 Å². The summed E-state index contributed by atoms with van der Waals surface area (Å²) in [6.07, 6.45) is 3.22. The van der Waals surface area contributed by atoms with E-state index in [2.05, 4.69) is 0 Å². The van der Waals surface area contributed by atoms with E-state index in [1.165, 1.54) is 5.75 Å². The fourth-order valence-corrected chi connectivity index (χ4v) is 4.27. The van der Waals surface area contributed by atoms with E-state index >= 15 is 0 Å². The first-order chi connectivity index (χ1) is 9.71. The van der Waals surface area contributed by atoms with Crippen LogP contribution in [-0.2, 0) is 4.74 Å². The fraction of sp³-hybridized carbons (Fsp3) is 0.600. The molecule has 1 aromatic rings. The van der Waals surface area contributed by atoms with Gasteiger partial charge in [0.25, 0.3) is 0 Å². The van der Waals surface area contributed by atoms with Crippen molar-refractivity contribution in [2.24, 2.45) is 0 Å². The maximum absolute atomic E-state index is 6.10. The van der Waals surface area contributed by atoms with Crippen molar-refractivity contribution in [1.82, 2.24) is 0 Å². The zero-order valence-electron chi connectivity index (χ0n) is 11.8. The molecule has 5 heteroatoms. The summed E-state index contributed by atoms with van der Waals surface area (Å²) in [5.74, 6) is 3.78. The first-order valence-electron chi connectivity index (χ1n) is 7.03. The van der Waals surface area contributed by atoms with E-state index in [4.69, 9.17) is 19.9 Å². The number of rotatable bonds is 3. The highest BCUT2D eigenvalue weighted by atomic mass is 32.2. The Balaban J connectivity index is 1.68. The van der Waals surface area contributed by atoms with Gasteiger partial charge in [0.1, 0.15) is 17.6 Å². The molecule has 20 heavy (non-hydrogen) atoms. The monoisotopic (exact) mass is 295 g/mol. The molecular weight excluding hydrogens is 274 g/mol. The highest BCUT2D eigenvalue weighted by molar-refractivity contribution is 7.99. The number of ether oxygens (including phenoxy) is 3. The Morgan fingerprint density at radius 2 is 2.35 bits per heavy atom. The minimum absolute atomic E-state index is 0.0365. The van der Waals surface area contributed by atoms with Gasteiger partial charge in [-0.3, -0.25) is 0 Å². The van der Waals surface area contributed by atoms with Gasteiger partial charge in [0.05, 0.1) is 25.0 Å². The first-order valence-corrected chi connectivity index (χ1v) is 8.18. The van der Waals surface area contributed by atoms with Crippen molar-refractivity contribution in [3.05, 3.63) is 18.2 Å². The van der Waals surface area contributed by atoms with Crippen molar-refractivity contribution in [2.75, 3.05) is 31.0 Å². The molecule has 4 nitrogen and oxygen atoms in total. The van der Waals surface area contributed by atoms with Crippen LogP contribution in [0.2, 0.25) is 0 Å². The molecule has 1 spiro atoms. The third-order valence-electron chi connectivity index (χ3n) is 4.03. The molecule has 110 valence electrons. The lowest BCUT2D eigenvalue weighted by Gasteiger charge is -2.37. The predicted molar refractivity (Wildman–Crippen MR) is 81.7 cm³/mol. The molecule has 2 aliphatic rings. The molecule has 2 N–H and O–H groups in total. The predicted octanol–water partition coefficient (Wildman–Crippen LogP) is 2.71. The van der Waals surface area contributed by atoms with Crippen molar-refractivity contribution in [2.45, 2.75) is 31.0 Å². The molecule has 0 aromatic heterocycles. The number of methoxy groups -OCH3 is 1. The second kappa shape index (κ2) is 5.74. The highest BCUT2D eigenvalue weighted by Gasteiger charge is 2.41. The Morgan fingerprint density at radius 3 is 3.05 bits per heavy atom. The van der Waals surface area contributed by atoms with Crippen molar-refractivity contribution in [3.8, 4) is 11.5 Å². The largest absolute Gasteiger partial charge is 0.497 e. The van der Waals surface area contributed by atoms with Crippen LogP contribution >= 0.6 is 11.8 Å². The molecule has 2 heterocycles. The van der Waals surface area contributed by atoms with Gasteiger partial charge in [0, 0.05) is 24.7 Å². The number of hydrogen-bond acceptors (Lipinski definition) is 5. The van der Waals surface area contributed by atoms with Crippen LogP contribution in [-0.4, -0.2) is 36.9 Å². The van der Waals surface area contributed by atoms with Crippen LogP contribution in [0.5, 0.6) is 11.5 Å². The minimum atomic E-state index is 0.0365. The zero-order valence-corrected chi connectivity index (χ0v) is 12.6. The number of anilines is 1. The molecule has 2 aliphatic heterocycles. The molecule has 1 aromatic carbocycles. The van der Waals surface area contributed by atoms with E-state index < -0.39 is 0 Å².